The van der Waals surface area contributed by atoms with Gasteiger partial charge in [-0.05, 0) is 31.4 Å². The van der Waals surface area contributed by atoms with Crippen LogP contribution in [-0.2, 0) is 9.47 Å². The Hall–Kier alpha value is -1.21. The monoisotopic (exact) mass is 347 g/mol. The van der Waals surface area contributed by atoms with E-state index in [1.54, 1.807) is 11.3 Å². The molecule has 0 unspecified atom stereocenters. The van der Waals surface area contributed by atoms with Gasteiger partial charge in [0, 0.05) is 38.4 Å². The first-order valence-electron chi connectivity index (χ1n) is 8.77. The molecular formula is C18H25N3O2S. The van der Waals surface area contributed by atoms with Crippen LogP contribution in [0.5, 0.6) is 0 Å². The minimum atomic E-state index is 0.162. The number of ether oxygens (including phenoxy) is 2. The van der Waals surface area contributed by atoms with Crippen LogP contribution >= 0.6 is 11.3 Å². The molecule has 2 aromatic rings. The van der Waals surface area contributed by atoms with Crippen LogP contribution in [0.15, 0.2) is 18.2 Å². The van der Waals surface area contributed by atoms with Crippen LogP contribution in [-0.4, -0.2) is 61.5 Å². The highest BCUT2D eigenvalue weighted by Gasteiger charge is 2.39. The number of hydrogen-bond acceptors (Lipinski definition) is 6. The summed E-state index contributed by atoms with van der Waals surface area (Å²) in [4.78, 5) is 7.37. The third-order valence-electron chi connectivity index (χ3n) is 5.29. The lowest BCUT2D eigenvalue weighted by molar-refractivity contribution is -0.0652. The summed E-state index contributed by atoms with van der Waals surface area (Å²) in [7, 11) is 0. The third kappa shape index (κ3) is 3.16. The van der Waals surface area contributed by atoms with E-state index in [1.165, 1.54) is 10.3 Å². The van der Waals surface area contributed by atoms with Crippen molar-refractivity contribution in [1.82, 2.24) is 9.88 Å². The second-order valence-corrected chi connectivity index (χ2v) is 7.73. The van der Waals surface area contributed by atoms with Crippen molar-refractivity contribution in [3.05, 3.63) is 23.8 Å². The Bertz CT molecular complexity index is 691. The van der Waals surface area contributed by atoms with E-state index in [-0.39, 0.29) is 5.54 Å². The molecule has 130 valence electrons. The van der Waals surface area contributed by atoms with Crippen molar-refractivity contribution in [2.24, 2.45) is 0 Å². The molecule has 1 aromatic carbocycles. The molecule has 2 aliphatic heterocycles. The van der Waals surface area contributed by atoms with E-state index in [4.69, 9.17) is 14.5 Å². The van der Waals surface area contributed by atoms with Gasteiger partial charge in [0.25, 0.3) is 0 Å². The second-order valence-electron chi connectivity index (χ2n) is 6.73. The lowest BCUT2D eigenvalue weighted by Gasteiger charge is -2.47. The normalized spacial score (nSPS) is 21.9. The number of morpholine rings is 1. The first-order valence-corrected chi connectivity index (χ1v) is 9.59. The van der Waals surface area contributed by atoms with Crippen molar-refractivity contribution in [3.63, 3.8) is 0 Å². The molecule has 1 N–H and O–H groups in total. The molecule has 5 nitrogen and oxygen atoms in total. The number of nitrogens with zero attached hydrogens (tertiary/aromatic N) is 2. The molecule has 6 heteroatoms. The summed E-state index contributed by atoms with van der Waals surface area (Å²) in [5, 5.41) is 4.66. The van der Waals surface area contributed by atoms with Gasteiger partial charge >= 0.3 is 0 Å². The molecule has 0 spiro atoms. The van der Waals surface area contributed by atoms with Gasteiger partial charge in [-0.15, -0.1) is 0 Å². The molecular weight excluding hydrogens is 322 g/mol. The summed E-state index contributed by atoms with van der Waals surface area (Å²) in [6.07, 6.45) is 2.15. The van der Waals surface area contributed by atoms with Crippen molar-refractivity contribution in [1.29, 1.82) is 0 Å². The molecule has 0 atom stereocenters. The summed E-state index contributed by atoms with van der Waals surface area (Å²) in [5.74, 6) is 0. The summed E-state index contributed by atoms with van der Waals surface area (Å²) in [5.41, 5.74) is 2.55. The van der Waals surface area contributed by atoms with Crippen LogP contribution in [0, 0.1) is 6.92 Å². The maximum Gasteiger partial charge on any atom is 0.183 e. The molecule has 0 aliphatic carbocycles. The topological polar surface area (TPSA) is 46.6 Å². The van der Waals surface area contributed by atoms with E-state index in [1.807, 2.05) is 0 Å². The maximum atomic E-state index is 5.63. The first kappa shape index (κ1) is 16.3. The summed E-state index contributed by atoms with van der Waals surface area (Å²) < 4.78 is 12.5. The van der Waals surface area contributed by atoms with Gasteiger partial charge in [0.2, 0.25) is 0 Å². The standard InChI is InChI=1S/C18H25N3O2S/c1-14-3-2-4-15-16(14)24-17(20-15)19-13-18(5-9-22-10-6-18)21-7-11-23-12-8-21/h2-4H,5-13H2,1H3,(H,19,20). The average Bonchev–Trinajstić information content (AvgIpc) is 3.06. The zero-order valence-electron chi connectivity index (χ0n) is 14.2. The Morgan fingerprint density at radius 3 is 2.67 bits per heavy atom. The Morgan fingerprint density at radius 2 is 1.92 bits per heavy atom. The van der Waals surface area contributed by atoms with Crippen LogP contribution in [0.3, 0.4) is 0 Å². The Kier molecular flexibility index (Phi) is 4.72. The number of aromatic nitrogens is 1. The summed E-state index contributed by atoms with van der Waals surface area (Å²) >= 11 is 1.76. The lowest BCUT2D eigenvalue weighted by Crippen LogP contribution is -2.59. The first-order chi connectivity index (χ1) is 11.8. The molecule has 0 saturated carbocycles. The number of hydrogen-bond donors (Lipinski definition) is 1. The fraction of sp³-hybridized carbons (Fsp3) is 0.611. The zero-order chi connectivity index (χ0) is 16.4. The Balaban J connectivity index is 1.52. The van der Waals surface area contributed by atoms with Crippen LogP contribution in [0.1, 0.15) is 18.4 Å². The zero-order valence-corrected chi connectivity index (χ0v) is 15.0. The van der Waals surface area contributed by atoms with E-state index >= 15 is 0 Å². The molecule has 24 heavy (non-hydrogen) atoms. The Labute approximate surface area is 147 Å². The van der Waals surface area contributed by atoms with E-state index in [2.05, 4.69) is 35.3 Å². The predicted octanol–water partition coefficient (Wildman–Crippen LogP) is 2.90. The predicted molar refractivity (Wildman–Crippen MR) is 98.0 cm³/mol. The molecule has 4 rings (SSSR count). The lowest BCUT2D eigenvalue weighted by atomic mass is 9.87. The van der Waals surface area contributed by atoms with E-state index < -0.39 is 0 Å². The van der Waals surface area contributed by atoms with Gasteiger partial charge in [0.1, 0.15) is 0 Å². The fourth-order valence-electron chi connectivity index (χ4n) is 3.80. The van der Waals surface area contributed by atoms with E-state index in [0.29, 0.717) is 0 Å². The van der Waals surface area contributed by atoms with Crippen LogP contribution in [0.2, 0.25) is 0 Å². The highest BCUT2D eigenvalue weighted by atomic mass is 32.1. The van der Waals surface area contributed by atoms with Crippen LogP contribution < -0.4 is 5.32 Å². The number of thiazole rings is 1. The highest BCUT2D eigenvalue weighted by molar-refractivity contribution is 7.22. The molecule has 2 fully saturated rings. The quantitative estimate of drug-likeness (QED) is 0.921. The minimum absolute atomic E-state index is 0.162. The number of anilines is 1. The van der Waals surface area contributed by atoms with Gasteiger partial charge in [-0.2, -0.15) is 0 Å². The van der Waals surface area contributed by atoms with E-state index in [0.717, 1.165) is 69.6 Å². The number of nitrogens with one attached hydrogen (secondary N) is 1. The van der Waals surface area contributed by atoms with Crippen molar-refractivity contribution >= 4 is 26.7 Å². The van der Waals surface area contributed by atoms with Gasteiger partial charge in [-0.3, -0.25) is 4.90 Å². The minimum Gasteiger partial charge on any atom is -0.381 e. The van der Waals surface area contributed by atoms with Crippen molar-refractivity contribution in [2.75, 3.05) is 51.4 Å². The number of benzene rings is 1. The summed E-state index contributed by atoms with van der Waals surface area (Å²) in [6, 6.07) is 6.32. The fourth-order valence-corrected chi connectivity index (χ4v) is 4.73. The summed E-state index contributed by atoms with van der Waals surface area (Å²) in [6.45, 7) is 8.47. The average molecular weight is 347 g/mol. The molecule has 1 aromatic heterocycles. The van der Waals surface area contributed by atoms with Crippen LogP contribution in [0.25, 0.3) is 10.2 Å². The second kappa shape index (κ2) is 6.96. The molecule has 0 amide bonds. The van der Waals surface area contributed by atoms with Crippen molar-refractivity contribution < 1.29 is 9.47 Å². The molecule has 0 radical (unpaired) electrons. The van der Waals surface area contributed by atoms with Crippen LogP contribution in [0.4, 0.5) is 5.13 Å². The largest absolute Gasteiger partial charge is 0.381 e. The van der Waals surface area contributed by atoms with E-state index in [9.17, 15) is 0 Å². The smallest absolute Gasteiger partial charge is 0.183 e. The van der Waals surface area contributed by atoms with Gasteiger partial charge in [0.05, 0.1) is 23.4 Å². The number of fused-ring (bicyclic) bond motifs is 1. The molecule has 0 bridgehead atoms. The number of rotatable bonds is 4. The Morgan fingerprint density at radius 1 is 1.17 bits per heavy atom. The van der Waals surface area contributed by atoms with Gasteiger partial charge in [0.15, 0.2) is 5.13 Å². The van der Waals surface area contributed by atoms with Crippen molar-refractivity contribution in [3.8, 4) is 0 Å². The molecule has 2 saturated heterocycles. The highest BCUT2D eigenvalue weighted by Crippen LogP contribution is 2.32. The molecule has 3 heterocycles. The maximum absolute atomic E-state index is 5.63. The molecule has 2 aliphatic rings. The van der Waals surface area contributed by atoms with Gasteiger partial charge in [-0.1, -0.05) is 23.5 Å². The SMILES string of the molecule is Cc1cccc2nc(NCC3(N4CCOCC4)CCOCC3)sc12. The van der Waals surface area contributed by atoms with Gasteiger partial charge in [-0.25, -0.2) is 4.98 Å². The van der Waals surface area contributed by atoms with Gasteiger partial charge < -0.3 is 14.8 Å². The third-order valence-corrected chi connectivity index (χ3v) is 6.45. The number of aryl methyl sites for hydroxylation is 1. The van der Waals surface area contributed by atoms with Crippen molar-refractivity contribution in [2.45, 2.75) is 25.3 Å².